The third kappa shape index (κ3) is 5.72. The molecule has 27 heavy (non-hydrogen) atoms. The lowest BCUT2D eigenvalue weighted by atomic mass is 10.2. The van der Waals surface area contributed by atoms with Crippen LogP contribution in [0.25, 0.3) is 0 Å². The van der Waals surface area contributed by atoms with Gasteiger partial charge in [-0.2, -0.15) is 18.3 Å². The highest BCUT2D eigenvalue weighted by Crippen LogP contribution is 2.20. The fourth-order valence-electron chi connectivity index (χ4n) is 2.39. The summed E-state index contributed by atoms with van der Waals surface area (Å²) in [6.45, 7) is 1.26. The molecule has 1 aromatic heterocycles. The quantitative estimate of drug-likeness (QED) is 0.752. The van der Waals surface area contributed by atoms with Crippen LogP contribution in [-0.2, 0) is 16.1 Å². The van der Waals surface area contributed by atoms with E-state index in [2.05, 4.69) is 5.10 Å². The second kappa shape index (κ2) is 8.43. The molecule has 0 unspecified atom stereocenters. The standard InChI is InChI=1S/C17H17ClF3N3O3/c1-10-15(16(26)27-8-14(25)22-9-17(19,20)21)11(2)24(23-10)7-12-5-3-4-6-13(12)18/h3-6H,7-9H2,1-2H3,(H,22,25). The number of hydrogen-bond donors (Lipinski definition) is 1. The number of ether oxygens (including phenoxy) is 1. The van der Waals surface area contributed by atoms with Crippen molar-refractivity contribution in [1.29, 1.82) is 0 Å². The van der Waals surface area contributed by atoms with Crippen molar-refractivity contribution in [3.8, 4) is 0 Å². The van der Waals surface area contributed by atoms with Gasteiger partial charge in [0.05, 0.1) is 17.9 Å². The van der Waals surface area contributed by atoms with Crippen molar-refractivity contribution in [1.82, 2.24) is 15.1 Å². The van der Waals surface area contributed by atoms with Crippen molar-refractivity contribution in [2.75, 3.05) is 13.2 Å². The highest BCUT2D eigenvalue weighted by atomic mass is 35.5. The zero-order valence-corrected chi connectivity index (χ0v) is 15.3. The Hall–Kier alpha value is -2.55. The van der Waals surface area contributed by atoms with Crippen LogP contribution in [-0.4, -0.2) is 41.0 Å². The molecular weight excluding hydrogens is 387 g/mol. The zero-order valence-electron chi connectivity index (χ0n) is 14.6. The van der Waals surface area contributed by atoms with Crippen LogP contribution in [0.5, 0.6) is 0 Å². The SMILES string of the molecule is Cc1nn(Cc2ccccc2Cl)c(C)c1C(=O)OCC(=O)NCC(F)(F)F. The minimum Gasteiger partial charge on any atom is -0.452 e. The molecule has 2 rings (SSSR count). The Balaban J connectivity index is 2.04. The van der Waals surface area contributed by atoms with E-state index in [0.717, 1.165) is 5.56 Å². The summed E-state index contributed by atoms with van der Waals surface area (Å²) >= 11 is 6.12. The number of esters is 1. The fourth-order valence-corrected chi connectivity index (χ4v) is 2.58. The third-order valence-corrected chi connectivity index (χ3v) is 4.05. The Morgan fingerprint density at radius 3 is 2.56 bits per heavy atom. The van der Waals surface area contributed by atoms with E-state index in [1.54, 1.807) is 36.0 Å². The van der Waals surface area contributed by atoms with E-state index in [9.17, 15) is 22.8 Å². The van der Waals surface area contributed by atoms with E-state index in [1.807, 2.05) is 12.1 Å². The van der Waals surface area contributed by atoms with Gasteiger partial charge >= 0.3 is 12.1 Å². The highest BCUT2D eigenvalue weighted by molar-refractivity contribution is 6.31. The van der Waals surface area contributed by atoms with Gasteiger partial charge in [-0.25, -0.2) is 4.79 Å². The average molecular weight is 404 g/mol. The summed E-state index contributed by atoms with van der Waals surface area (Å²) in [7, 11) is 0. The smallest absolute Gasteiger partial charge is 0.405 e. The first-order valence-corrected chi connectivity index (χ1v) is 8.24. The molecule has 1 heterocycles. The van der Waals surface area contributed by atoms with Crippen molar-refractivity contribution in [2.24, 2.45) is 0 Å². The largest absolute Gasteiger partial charge is 0.452 e. The maximum absolute atomic E-state index is 12.2. The molecule has 0 bridgehead atoms. The summed E-state index contributed by atoms with van der Waals surface area (Å²) < 4.78 is 42.5. The minimum atomic E-state index is -4.54. The van der Waals surface area contributed by atoms with Crippen LogP contribution in [0.2, 0.25) is 5.02 Å². The van der Waals surface area contributed by atoms with E-state index in [-0.39, 0.29) is 5.56 Å². The topological polar surface area (TPSA) is 73.2 Å². The van der Waals surface area contributed by atoms with Gasteiger partial charge in [-0.15, -0.1) is 0 Å². The summed E-state index contributed by atoms with van der Waals surface area (Å²) in [5.41, 5.74) is 1.83. The van der Waals surface area contributed by atoms with Crippen molar-refractivity contribution in [3.05, 3.63) is 51.8 Å². The number of benzene rings is 1. The van der Waals surface area contributed by atoms with E-state index >= 15 is 0 Å². The van der Waals surface area contributed by atoms with Gasteiger partial charge in [-0.3, -0.25) is 9.48 Å². The van der Waals surface area contributed by atoms with E-state index < -0.39 is 31.2 Å². The van der Waals surface area contributed by atoms with Crippen molar-refractivity contribution in [3.63, 3.8) is 0 Å². The normalized spacial score (nSPS) is 11.3. The number of carbonyl (C=O) groups is 2. The molecule has 0 aliphatic heterocycles. The second-order valence-electron chi connectivity index (χ2n) is 5.76. The Kier molecular flexibility index (Phi) is 6.48. The first-order valence-electron chi connectivity index (χ1n) is 7.86. The number of aryl methyl sites for hydroxylation is 1. The van der Waals surface area contributed by atoms with Gasteiger partial charge in [0, 0.05) is 5.02 Å². The maximum atomic E-state index is 12.2. The summed E-state index contributed by atoms with van der Waals surface area (Å²) in [6.07, 6.45) is -4.54. The first kappa shape index (κ1) is 20.8. The van der Waals surface area contributed by atoms with Crippen LogP contribution in [0.1, 0.15) is 27.3 Å². The molecule has 146 valence electrons. The van der Waals surface area contributed by atoms with Gasteiger partial charge in [0.1, 0.15) is 12.1 Å². The molecule has 0 aliphatic rings. The molecule has 6 nitrogen and oxygen atoms in total. The van der Waals surface area contributed by atoms with E-state index in [1.165, 1.54) is 0 Å². The molecule has 0 saturated carbocycles. The Morgan fingerprint density at radius 2 is 1.93 bits per heavy atom. The molecular formula is C17H17ClF3N3O3. The monoisotopic (exact) mass is 403 g/mol. The lowest BCUT2D eigenvalue weighted by Gasteiger charge is -2.09. The highest BCUT2D eigenvalue weighted by Gasteiger charge is 2.28. The molecule has 0 aliphatic carbocycles. The van der Waals surface area contributed by atoms with Crippen molar-refractivity contribution < 1.29 is 27.5 Å². The average Bonchev–Trinajstić information content (AvgIpc) is 2.86. The van der Waals surface area contributed by atoms with Crippen LogP contribution in [0.4, 0.5) is 13.2 Å². The van der Waals surface area contributed by atoms with E-state index in [0.29, 0.717) is 23.0 Å². The summed E-state index contributed by atoms with van der Waals surface area (Å²) in [4.78, 5) is 23.6. The van der Waals surface area contributed by atoms with E-state index in [4.69, 9.17) is 16.3 Å². The van der Waals surface area contributed by atoms with Crippen molar-refractivity contribution >= 4 is 23.5 Å². The predicted molar refractivity (Wildman–Crippen MR) is 91.6 cm³/mol. The molecule has 0 saturated heterocycles. The van der Waals surface area contributed by atoms with Crippen LogP contribution in [0, 0.1) is 13.8 Å². The molecule has 0 spiro atoms. The summed E-state index contributed by atoms with van der Waals surface area (Å²) in [5, 5.41) is 6.45. The molecule has 1 amide bonds. The molecule has 0 fully saturated rings. The van der Waals surface area contributed by atoms with Gasteiger partial charge in [-0.05, 0) is 25.5 Å². The summed E-state index contributed by atoms with van der Waals surface area (Å²) in [6, 6.07) is 7.17. The number of amides is 1. The number of aromatic nitrogens is 2. The lowest BCUT2D eigenvalue weighted by molar-refractivity contribution is -0.140. The van der Waals surface area contributed by atoms with Crippen LogP contribution < -0.4 is 5.32 Å². The van der Waals surface area contributed by atoms with Gasteiger partial charge < -0.3 is 10.1 Å². The fraction of sp³-hybridized carbons (Fsp3) is 0.353. The minimum absolute atomic E-state index is 0.158. The number of halogens is 4. The lowest BCUT2D eigenvalue weighted by Crippen LogP contribution is -2.36. The number of carbonyl (C=O) groups excluding carboxylic acids is 2. The Bertz CT molecular complexity index is 850. The first-order chi connectivity index (χ1) is 12.6. The van der Waals surface area contributed by atoms with Crippen LogP contribution >= 0.6 is 11.6 Å². The van der Waals surface area contributed by atoms with Crippen LogP contribution in [0.15, 0.2) is 24.3 Å². The van der Waals surface area contributed by atoms with Gasteiger partial charge in [0.25, 0.3) is 5.91 Å². The number of hydrogen-bond acceptors (Lipinski definition) is 4. The molecule has 2 aromatic rings. The molecule has 10 heteroatoms. The Labute approximate surface area is 158 Å². The van der Waals surface area contributed by atoms with Gasteiger partial charge in [0.2, 0.25) is 0 Å². The molecule has 1 aromatic carbocycles. The third-order valence-electron chi connectivity index (χ3n) is 3.68. The number of rotatable bonds is 6. The van der Waals surface area contributed by atoms with Crippen LogP contribution in [0.3, 0.4) is 0 Å². The van der Waals surface area contributed by atoms with Gasteiger partial charge in [-0.1, -0.05) is 29.8 Å². The zero-order chi connectivity index (χ0) is 20.2. The molecule has 0 radical (unpaired) electrons. The molecule has 1 N–H and O–H groups in total. The maximum Gasteiger partial charge on any atom is 0.405 e. The molecule has 0 atom stereocenters. The van der Waals surface area contributed by atoms with Gasteiger partial charge in [0.15, 0.2) is 6.61 Å². The second-order valence-corrected chi connectivity index (χ2v) is 6.17. The Morgan fingerprint density at radius 1 is 1.26 bits per heavy atom. The number of nitrogens with zero attached hydrogens (tertiary/aromatic N) is 2. The predicted octanol–water partition coefficient (Wildman–Crippen LogP) is 3.04. The number of alkyl halides is 3. The number of nitrogens with one attached hydrogen (secondary N) is 1. The van der Waals surface area contributed by atoms with Crippen molar-refractivity contribution in [2.45, 2.75) is 26.6 Å². The summed E-state index contributed by atoms with van der Waals surface area (Å²) in [5.74, 6) is -1.88.